The molecular formula is C34H47ClN6O7. The fourth-order valence-corrected chi connectivity index (χ4v) is 4.77. The van der Waals surface area contributed by atoms with Crippen molar-refractivity contribution in [2.24, 2.45) is 4.99 Å². The van der Waals surface area contributed by atoms with Crippen LogP contribution in [-0.2, 0) is 23.7 Å². The highest BCUT2D eigenvalue weighted by Crippen LogP contribution is 2.33. The molecule has 0 aliphatic carbocycles. The average Bonchev–Trinajstić information content (AvgIpc) is 3.13. The number of benzodiazepines with no additional fused rings is 1. The van der Waals surface area contributed by atoms with Crippen molar-refractivity contribution in [1.29, 1.82) is 10.8 Å². The summed E-state index contributed by atoms with van der Waals surface area (Å²) in [6, 6.07) is 11.8. The number of nitrogens with zero attached hydrogens (tertiary/aromatic N) is 2. The highest BCUT2D eigenvalue weighted by atomic mass is 35.5. The van der Waals surface area contributed by atoms with E-state index in [1.54, 1.807) is 52.0 Å². The van der Waals surface area contributed by atoms with Crippen LogP contribution in [0.4, 0.5) is 10.5 Å². The van der Waals surface area contributed by atoms with Crippen molar-refractivity contribution in [1.82, 2.24) is 10.6 Å². The number of fused-ring (bicyclic) bond motifs is 1. The Morgan fingerprint density at radius 1 is 0.938 bits per heavy atom. The van der Waals surface area contributed by atoms with Crippen LogP contribution in [0.1, 0.15) is 52.2 Å². The molecule has 3 rings (SSSR count). The van der Waals surface area contributed by atoms with Gasteiger partial charge >= 0.3 is 6.09 Å². The van der Waals surface area contributed by atoms with Crippen molar-refractivity contribution in [3.63, 3.8) is 0 Å². The number of alkyl carbamates (subject to hydrolysis) is 1. The molecule has 0 spiro atoms. The molecular weight excluding hydrogens is 640 g/mol. The monoisotopic (exact) mass is 686 g/mol. The second-order valence-corrected chi connectivity index (χ2v) is 12.2. The maximum Gasteiger partial charge on any atom is 0.407 e. The van der Waals surface area contributed by atoms with Crippen molar-refractivity contribution >= 4 is 46.7 Å². The van der Waals surface area contributed by atoms with Gasteiger partial charge in [0.05, 0.1) is 57.5 Å². The molecule has 1 aliphatic heterocycles. The van der Waals surface area contributed by atoms with E-state index >= 15 is 0 Å². The lowest BCUT2D eigenvalue weighted by molar-refractivity contribution is -0.121. The first kappa shape index (κ1) is 38.4. The Balaban J connectivity index is 1.53. The second kappa shape index (κ2) is 19.1. The molecule has 1 aliphatic rings. The van der Waals surface area contributed by atoms with Crippen LogP contribution in [0.25, 0.3) is 0 Å². The number of halogens is 1. The summed E-state index contributed by atoms with van der Waals surface area (Å²) in [6.45, 7) is 12.2. The third-order valence-corrected chi connectivity index (χ3v) is 6.92. The molecule has 14 heteroatoms. The summed E-state index contributed by atoms with van der Waals surface area (Å²) >= 11 is 6.17. The van der Waals surface area contributed by atoms with Crippen molar-refractivity contribution in [3.05, 3.63) is 58.6 Å². The third-order valence-electron chi connectivity index (χ3n) is 6.67. The first-order chi connectivity index (χ1) is 22.9. The van der Waals surface area contributed by atoms with Crippen LogP contribution < -0.4 is 20.3 Å². The predicted octanol–water partition coefficient (Wildman–Crippen LogP) is 4.82. The fourth-order valence-electron chi connectivity index (χ4n) is 4.64. The Morgan fingerprint density at radius 3 is 2.17 bits per heavy atom. The molecule has 48 heavy (non-hydrogen) atoms. The van der Waals surface area contributed by atoms with Crippen LogP contribution in [0.2, 0.25) is 5.02 Å². The molecule has 2 aromatic rings. The number of carbonyl (C=O) groups excluding carboxylic acids is 2. The molecule has 0 unspecified atom stereocenters. The van der Waals surface area contributed by atoms with Gasteiger partial charge in [-0.05, 0) is 65.0 Å². The highest BCUT2D eigenvalue weighted by Gasteiger charge is 2.32. The molecule has 0 bridgehead atoms. The Kier molecular flexibility index (Phi) is 15.3. The molecule has 0 fully saturated rings. The van der Waals surface area contributed by atoms with Gasteiger partial charge in [0.25, 0.3) is 0 Å². The van der Waals surface area contributed by atoms with Crippen LogP contribution in [0.3, 0.4) is 0 Å². The van der Waals surface area contributed by atoms with E-state index in [1.807, 2.05) is 25.1 Å². The molecule has 2 aromatic carbocycles. The summed E-state index contributed by atoms with van der Waals surface area (Å²) < 4.78 is 27.8. The lowest BCUT2D eigenvalue weighted by Gasteiger charge is -2.26. The minimum absolute atomic E-state index is 0.0324. The minimum Gasteiger partial charge on any atom is -0.491 e. The number of hydrogen-bond donors (Lipinski definition) is 4. The normalized spacial score (nSPS) is 14.5. The molecule has 1 atom stereocenters. The van der Waals surface area contributed by atoms with Gasteiger partial charge in [-0.1, -0.05) is 23.7 Å². The number of amides is 2. The van der Waals surface area contributed by atoms with Crippen molar-refractivity contribution in [3.8, 4) is 5.75 Å². The van der Waals surface area contributed by atoms with Crippen molar-refractivity contribution in [2.45, 2.75) is 52.7 Å². The number of benzene rings is 2. The van der Waals surface area contributed by atoms with Crippen LogP contribution >= 0.6 is 11.6 Å². The van der Waals surface area contributed by atoms with Gasteiger partial charge in [0.1, 0.15) is 35.7 Å². The third kappa shape index (κ3) is 12.5. The molecule has 0 radical (unpaired) electrons. The SMILES string of the molecule is CCNC(=O)C[C@@H]1N=C(c2ccc(Cl)cc2)c2cc(OCCOCCOCCOCCNC(=O)OC(C)(C)C)ccc2N(C(C)=N)C1=N. The van der Waals surface area contributed by atoms with E-state index in [0.717, 1.165) is 5.56 Å². The number of carbonyl (C=O) groups is 2. The number of amidine groups is 2. The topological polar surface area (TPSA) is 168 Å². The zero-order valence-corrected chi connectivity index (χ0v) is 29.1. The summed E-state index contributed by atoms with van der Waals surface area (Å²) in [6.07, 6.45) is -0.511. The maximum absolute atomic E-state index is 12.6. The van der Waals surface area contributed by atoms with Gasteiger partial charge in [0, 0.05) is 29.2 Å². The van der Waals surface area contributed by atoms with Gasteiger partial charge < -0.3 is 34.3 Å². The van der Waals surface area contributed by atoms with Crippen LogP contribution in [0.5, 0.6) is 5.75 Å². The summed E-state index contributed by atoms with van der Waals surface area (Å²) in [7, 11) is 0. The first-order valence-electron chi connectivity index (χ1n) is 15.9. The van der Waals surface area contributed by atoms with Crippen LogP contribution in [-0.4, -0.2) is 100 Å². The zero-order chi connectivity index (χ0) is 35.1. The van der Waals surface area contributed by atoms with E-state index in [0.29, 0.717) is 80.5 Å². The Morgan fingerprint density at radius 2 is 1.56 bits per heavy atom. The smallest absolute Gasteiger partial charge is 0.407 e. The predicted molar refractivity (Wildman–Crippen MR) is 186 cm³/mol. The lowest BCUT2D eigenvalue weighted by atomic mass is 9.99. The number of rotatable bonds is 17. The van der Waals surface area contributed by atoms with Gasteiger partial charge in [0.2, 0.25) is 5.91 Å². The van der Waals surface area contributed by atoms with E-state index < -0.39 is 17.7 Å². The summed E-state index contributed by atoms with van der Waals surface area (Å²) in [5.74, 6) is 0.489. The molecule has 1 heterocycles. The van der Waals surface area contributed by atoms with Crippen LogP contribution in [0, 0.1) is 10.8 Å². The molecule has 13 nitrogen and oxygen atoms in total. The Hall–Kier alpha value is -4.04. The zero-order valence-electron chi connectivity index (χ0n) is 28.3. The molecule has 0 saturated carbocycles. The van der Waals surface area contributed by atoms with E-state index in [1.165, 1.54) is 4.90 Å². The fraction of sp³-hybridized carbons (Fsp3) is 0.500. The van der Waals surface area contributed by atoms with Gasteiger partial charge in [-0.25, -0.2) is 4.79 Å². The molecule has 0 aromatic heterocycles. The van der Waals surface area contributed by atoms with Gasteiger partial charge in [0.15, 0.2) is 0 Å². The molecule has 0 saturated heterocycles. The molecule has 4 N–H and O–H groups in total. The first-order valence-corrected chi connectivity index (χ1v) is 16.3. The standard InChI is InChI=1S/C34H47ClN6O7/c1-6-38-30(42)22-28-32(37)41(23(2)36)29-12-11-26(21-27(29)31(40-28)24-7-9-25(35)10-8-24)47-20-19-46-18-17-45-16-15-44-14-13-39-33(43)48-34(3,4)5/h7-12,21,28,36-37H,6,13-20,22H2,1-5H3,(H,38,42)(H,39,43)/t28-/m0/s1. The Bertz CT molecular complexity index is 1430. The summed E-state index contributed by atoms with van der Waals surface area (Å²) in [5.41, 5.74) is 2.01. The number of ether oxygens (including phenoxy) is 5. The number of aliphatic imine (C=N–C) groups is 1. The minimum atomic E-state index is -0.817. The average molecular weight is 687 g/mol. The van der Waals surface area contributed by atoms with Crippen LogP contribution in [0.15, 0.2) is 47.5 Å². The van der Waals surface area contributed by atoms with E-state index in [4.69, 9.17) is 51.1 Å². The van der Waals surface area contributed by atoms with Gasteiger partial charge in [-0.2, -0.15) is 0 Å². The number of anilines is 1. The van der Waals surface area contributed by atoms with E-state index in [2.05, 4.69) is 10.6 Å². The lowest BCUT2D eigenvalue weighted by Crippen LogP contribution is -2.42. The molecule has 262 valence electrons. The largest absolute Gasteiger partial charge is 0.491 e. The number of nitrogens with one attached hydrogen (secondary N) is 4. The maximum atomic E-state index is 12.6. The Labute approximate surface area is 287 Å². The summed E-state index contributed by atoms with van der Waals surface area (Å²) in [5, 5.41) is 23.4. The molecule has 2 amide bonds. The second-order valence-electron chi connectivity index (χ2n) is 11.8. The van der Waals surface area contributed by atoms with Gasteiger partial charge in [-0.15, -0.1) is 0 Å². The number of hydrogen-bond acceptors (Lipinski definition) is 10. The quantitative estimate of drug-likeness (QED) is 0.104. The summed E-state index contributed by atoms with van der Waals surface area (Å²) in [4.78, 5) is 30.6. The van der Waals surface area contributed by atoms with E-state index in [-0.39, 0.29) is 30.6 Å². The van der Waals surface area contributed by atoms with E-state index in [9.17, 15) is 9.59 Å². The van der Waals surface area contributed by atoms with Crippen molar-refractivity contribution < 1.29 is 33.3 Å². The van der Waals surface area contributed by atoms with Crippen molar-refractivity contribution in [2.75, 3.05) is 64.2 Å². The highest BCUT2D eigenvalue weighted by molar-refractivity contribution is 6.31. The van der Waals surface area contributed by atoms with Gasteiger partial charge in [-0.3, -0.25) is 25.5 Å².